The van der Waals surface area contributed by atoms with E-state index in [1.807, 2.05) is 0 Å². The van der Waals surface area contributed by atoms with Crippen molar-refractivity contribution >= 4 is 12.1 Å². The van der Waals surface area contributed by atoms with Gasteiger partial charge in [0.2, 0.25) is 0 Å². The number of aldehydes is 1. The Morgan fingerprint density at radius 3 is 2.83 bits per heavy atom. The van der Waals surface area contributed by atoms with E-state index in [1.165, 1.54) is 10.9 Å². The number of hydrogen-bond acceptors (Lipinski definition) is 4. The Hall–Kier alpha value is -1.72. The van der Waals surface area contributed by atoms with Crippen molar-refractivity contribution in [1.29, 1.82) is 0 Å². The van der Waals surface area contributed by atoms with Crippen LogP contribution in [0.25, 0.3) is 0 Å². The summed E-state index contributed by atoms with van der Waals surface area (Å²) in [5, 5.41) is 13.9. The van der Waals surface area contributed by atoms with Gasteiger partial charge in [0.1, 0.15) is 5.56 Å². The smallest absolute Gasteiger partial charge is 0.358 e. The van der Waals surface area contributed by atoms with Crippen molar-refractivity contribution in [2.45, 2.75) is 13.5 Å². The van der Waals surface area contributed by atoms with Crippen molar-refractivity contribution in [2.24, 2.45) is 0 Å². The molecule has 0 atom stereocenters. The average molecular weight is 169 g/mol. The van der Waals surface area contributed by atoms with Gasteiger partial charge >= 0.3 is 5.82 Å². The molecule has 1 rings (SSSR count). The van der Waals surface area contributed by atoms with E-state index in [0.29, 0.717) is 12.8 Å². The van der Waals surface area contributed by atoms with Gasteiger partial charge in [0.15, 0.2) is 6.29 Å². The number of hydrogen-bond donors (Lipinski definition) is 0. The van der Waals surface area contributed by atoms with E-state index in [9.17, 15) is 14.9 Å². The highest BCUT2D eigenvalue weighted by atomic mass is 16.6. The maximum absolute atomic E-state index is 10.3. The SMILES string of the molecule is CCn1cc(C=O)c([N+](=O)[O-])n1. The van der Waals surface area contributed by atoms with Crippen molar-refractivity contribution in [3.63, 3.8) is 0 Å². The Balaban J connectivity index is 3.16. The fourth-order valence-corrected chi connectivity index (χ4v) is 0.814. The zero-order chi connectivity index (χ0) is 9.14. The summed E-state index contributed by atoms with van der Waals surface area (Å²) in [5.41, 5.74) is 0.0156. The van der Waals surface area contributed by atoms with E-state index in [0.717, 1.165) is 0 Å². The molecule has 12 heavy (non-hydrogen) atoms. The quantitative estimate of drug-likeness (QED) is 0.377. The number of carbonyl (C=O) groups is 1. The highest BCUT2D eigenvalue weighted by Gasteiger charge is 2.18. The van der Waals surface area contributed by atoms with E-state index in [1.54, 1.807) is 6.92 Å². The average Bonchev–Trinajstić information content (AvgIpc) is 2.47. The normalized spacial score (nSPS) is 9.75. The zero-order valence-electron chi connectivity index (χ0n) is 6.43. The van der Waals surface area contributed by atoms with E-state index >= 15 is 0 Å². The fraction of sp³-hybridized carbons (Fsp3) is 0.333. The lowest BCUT2D eigenvalue weighted by Gasteiger charge is -1.85. The van der Waals surface area contributed by atoms with Crippen molar-refractivity contribution in [1.82, 2.24) is 9.78 Å². The van der Waals surface area contributed by atoms with Gasteiger partial charge in [-0.3, -0.25) is 4.79 Å². The molecule has 0 amide bonds. The number of nitrogens with zero attached hydrogens (tertiary/aromatic N) is 3. The van der Waals surface area contributed by atoms with Crippen molar-refractivity contribution < 1.29 is 9.72 Å². The molecule has 6 nitrogen and oxygen atoms in total. The molecule has 0 aliphatic rings. The van der Waals surface area contributed by atoms with Crippen LogP contribution in [-0.2, 0) is 6.54 Å². The number of aryl methyl sites for hydroxylation is 1. The predicted molar refractivity (Wildman–Crippen MR) is 39.9 cm³/mol. The number of aromatic nitrogens is 2. The van der Waals surface area contributed by atoms with Crippen LogP contribution in [0, 0.1) is 10.1 Å². The van der Waals surface area contributed by atoms with E-state index < -0.39 is 4.92 Å². The highest BCUT2D eigenvalue weighted by molar-refractivity contribution is 5.79. The third-order valence-corrected chi connectivity index (χ3v) is 1.39. The lowest BCUT2D eigenvalue weighted by molar-refractivity contribution is -0.390. The summed E-state index contributed by atoms with van der Waals surface area (Å²) in [4.78, 5) is 19.9. The minimum atomic E-state index is -0.671. The molecule has 1 aromatic heterocycles. The van der Waals surface area contributed by atoms with Gasteiger partial charge in [-0.25, -0.2) is 0 Å². The van der Waals surface area contributed by atoms with Crippen molar-refractivity contribution in [3.8, 4) is 0 Å². The first kappa shape index (κ1) is 8.38. The second-order valence-corrected chi connectivity index (χ2v) is 2.14. The number of rotatable bonds is 3. The molecule has 0 saturated heterocycles. The summed E-state index contributed by atoms with van der Waals surface area (Å²) in [5.74, 6) is -0.383. The standard InChI is InChI=1S/C6H7N3O3/c1-2-8-3-5(4-10)6(7-8)9(11)12/h3-4H,2H2,1H3. The first-order valence-electron chi connectivity index (χ1n) is 3.36. The van der Waals surface area contributed by atoms with Gasteiger partial charge in [0.05, 0.1) is 17.8 Å². The zero-order valence-corrected chi connectivity index (χ0v) is 6.43. The second-order valence-electron chi connectivity index (χ2n) is 2.14. The molecular weight excluding hydrogens is 162 g/mol. The summed E-state index contributed by atoms with van der Waals surface area (Å²) in [6, 6.07) is 0. The van der Waals surface area contributed by atoms with Gasteiger partial charge in [-0.2, -0.15) is 4.68 Å². The van der Waals surface area contributed by atoms with Gasteiger partial charge in [0.25, 0.3) is 0 Å². The van der Waals surface area contributed by atoms with Crippen LogP contribution in [0.1, 0.15) is 17.3 Å². The molecule has 1 aromatic rings. The lowest BCUT2D eigenvalue weighted by Crippen LogP contribution is -1.96. The molecule has 0 aromatic carbocycles. The molecule has 6 heteroatoms. The predicted octanol–water partition coefficient (Wildman–Crippen LogP) is 0.624. The van der Waals surface area contributed by atoms with Crippen LogP contribution in [-0.4, -0.2) is 21.0 Å². The first-order chi connectivity index (χ1) is 5.69. The molecule has 0 N–H and O–H groups in total. The van der Waals surface area contributed by atoms with Crippen LogP contribution in [0.2, 0.25) is 0 Å². The van der Waals surface area contributed by atoms with Crippen molar-refractivity contribution in [2.75, 3.05) is 0 Å². The summed E-state index contributed by atoms with van der Waals surface area (Å²) in [7, 11) is 0. The third kappa shape index (κ3) is 1.31. The Morgan fingerprint density at radius 2 is 2.50 bits per heavy atom. The highest BCUT2D eigenvalue weighted by Crippen LogP contribution is 2.12. The fourth-order valence-electron chi connectivity index (χ4n) is 0.814. The van der Waals surface area contributed by atoms with Crippen LogP contribution < -0.4 is 0 Å². The van der Waals surface area contributed by atoms with Crippen LogP contribution in [0.15, 0.2) is 6.20 Å². The monoisotopic (exact) mass is 169 g/mol. The Labute approximate surface area is 67.9 Å². The van der Waals surface area contributed by atoms with Gasteiger partial charge in [-0.05, 0) is 11.8 Å². The maximum atomic E-state index is 10.3. The first-order valence-corrected chi connectivity index (χ1v) is 3.36. The summed E-state index contributed by atoms with van der Waals surface area (Å²) in [6.45, 7) is 2.29. The lowest BCUT2D eigenvalue weighted by atomic mass is 10.4. The van der Waals surface area contributed by atoms with E-state index in [4.69, 9.17) is 0 Å². The second kappa shape index (κ2) is 3.12. The van der Waals surface area contributed by atoms with Gasteiger partial charge < -0.3 is 10.1 Å². The van der Waals surface area contributed by atoms with Crippen LogP contribution in [0.3, 0.4) is 0 Å². The summed E-state index contributed by atoms with van der Waals surface area (Å²) >= 11 is 0. The molecule has 0 aliphatic heterocycles. The number of carbonyl (C=O) groups excluding carboxylic acids is 1. The van der Waals surface area contributed by atoms with Crippen LogP contribution in [0.4, 0.5) is 5.82 Å². The van der Waals surface area contributed by atoms with Crippen LogP contribution in [0.5, 0.6) is 0 Å². The Morgan fingerprint density at radius 1 is 1.83 bits per heavy atom. The maximum Gasteiger partial charge on any atom is 0.400 e. The molecule has 64 valence electrons. The molecule has 1 heterocycles. The van der Waals surface area contributed by atoms with E-state index in [-0.39, 0.29) is 11.4 Å². The molecule has 0 radical (unpaired) electrons. The molecule has 0 fully saturated rings. The minimum Gasteiger partial charge on any atom is -0.358 e. The molecule has 0 saturated carbocycles. The number of nitro groups is 1. The van der Waals surface area contributed by atoms with Gasteiger partial charge in [-0.15, -0.1) is 0 Å². The molecule has 0 bridgehead atoms. The van der Waals surface area contributed by atoms with Gasteiger partial charge in [-0.1, -0.05) is 0 Å². The Kier molecular flexibility index (Phi) is 2.18. The minimum absolute atomic E-state index is 0.0156. The molecular formula is C6H7N3O3. The van der Waals surface area contributed by atoms with E-state index in [2.05, 4.69) is 5.10 Å². The third-order valence-electron chi connectivity index (χ3n) is 1.39. The summed E-state index contributed by atoms with van der Waals surface area (Å²) in [6.07, 6.45) is 1.78. The van der Waals surface area contributed by atoms with Crippen molar-refractivity contribution in [3.05, 3.63) is 21.9 Å². The molecule has 0 spiro atoms. The molecule has 0 aliphatic carbocycles. The molecule has 0 unspecified atom stereocenters. The Bertz CT molecular complexity index is 318. The summed E-state index contributed by atoms with van der Waals surface area (Å²) < 4.78 is 1.35. The van der Waals surface area contributed by atoms with Crippen LogP contribution >= 0.6 is 0 Å². The largest absolute Gasteiger partial charge is 0.400 e. The van der Waals surface area contributed by atoms with Gasteiger partial charge in [0, 0.05) is 0 Å². The topological polar surface area (TPSA) is 78.0 Å².